The molecule has 0 aromatic carbocycles. The Kier molecular flexibility index (Phi) is 9.24. The Labute approximate surface area is 258 Å². The topological polar surface area (TPSA) is 149 Å². The molecule has 0 amide bonds. The number of hydrogen-bond acceptors (Lipinski definition) is 11. The molecule has 1 saturated heterocycles. The summed E-state index contributed by atoms with van der Waals surface area (Å²) in [5, 5.41) is 22.7. The van der Waals surface area contributed by atoms with Crippen LogP contribution in [0.25, 0.3) is 0 Å². The molecule has 11 heteroatoms. The van der Waals surface area contributed by atoms with E-state index in [0.29, 0.717) is 35.3 Å². The van der Waals surface area contributed by atoms with Crippen LogP contribution in [0.2, 0.25) is 0 Å². The number of Topliss-reactive ketones (excluding diaryl/α,β-unsaturated/α-hetero) is 1. The molecule has 242 valence electrons. The van der Waals surface area contributed by atoms with Gasteiger partial charge in [-0.05, 0) is 50.5 Å². The standard InChI is InChI=1S/C33H45NO10/c1-16(2)20(12-17(3)30(39)42-9)34(7)21(14-41-8)25-27-29(38)28(37)24-19-10-11-23(36)32(19,5)13-22(44-18(4)35)26(24)33(27,6)15-43-31(25)40/h12,16,19-20,22-23,36,38H,10-11,13-15H2,1-9H3. The van der Waals surface area contributed by atoms with E-state index in [0.717, 1.165) is 0 Å². The highest BCUT2D eigenvalue weighted by molar-refractivity contribution is 6.13. The first kappa shape index (κ1) is 33.5. The molecule has 6 unspecified atom stereocenters. The van der Waals surface area contributed by atoms with Gasteiger partial charge in [-0.25, -0.2) is 9.59 Å². The minimum Gasteiger partial charge on any atom is -0.504 e. The van der Waals surface area contributed by atoms with Gasteiger partial charge in [0.1, 0.15) is 12.7 Å². The molecule has 1 heterocycles. The molecular weight excluding hydrogens is 570 g/mol. The van der Waals surface area contributed by atoms with Gasteiger partial charge in [-0.1, -0.05) is 26.8 Å². The summed E-state index contributed by atoms with van der Waals surface area (Å²) in [6.07, 6.45) is 1.40. The summed E-state index contributed by atoms with van der Waals surface area (Å²) in [6.45, 7) is 10.2. The number of allylic oxidation sites excluding steroid dienone is 1. The summed E-state index contributed by atoms with van der Waals surface area (Å²) < 4.78 is 22.1. The first-order chi connectivity index (χ1) is 20.5. The Morgan fingerprint density at radius 1 is 1.16 bits per heavy atom. The van der Waals surface area contributed by atoms with Crippen molar-refractivity contribution in [2.24, 2.45) is 22.7 Å². The molecule has 1 aliphatic heterocycles. The number of rotatable bonds is 8. The van der Waals surface area contributed by atoms with Gasteiger partial charge >= 0.3 is 17.9 Å². The van der Waals surface area contributed by atoms with Crippen LogP contribution in [0.4, 0.5) is 0 Å². The SMILES string of the molecule is COCC(=C1C(=O)OCC2(C)C1=C(O)C(=O)C1=C2C(OC(C)=O)CC2(C)C(O)CCC12)N(C)C(C=C(C)C(=O)OC)C(C)C. The molecule has 0 spiro atoms. The van der Waals surface area contributed by atoms with E-state index in [9.17, 15) is 29.4 Å². The molecule has 3 aliphatic carbocycles. The van der Waals surface area contributed by atoms with E-state index in [2.05, 4.69) is 0 Å². The molecule has 0 aromatic rings. The number of aliphatic hydroxyl groups excluding tert-OH is 2. The Hall–Kier alpha value is -3.44. The van der Waals surface area contributed by atoms with Gasteiger partial charge in [-0.3, -0.25) is 9.59 Å². The van der Waals surface area contributed by atoms with Crippen LogP contribution in [-0.4, -0.2) is 91.5 Å². The van der Waals surface area contributed by atoms with Crippen LogP contribution in [0.15, 0.2) is 45.4 Å². The van der Waals surface area contributed by atoms with E-state index in [1.165, 1.54) is 21.1 Å². The largest absolute Gasteiger partial charge is 0.504 e. The molecule has 4 aliphatic rings. The first-order valence-electron chi connectivity index (χ1n) is 15.0. The van der Waals surface area contributed by atoms with Crippen molar-refractivity contribution in [3.63, 3.8) is 0 Å². The van der Waals surface area contributed by atoms with E-state index in [1.807, 2.05) is 20.8 Å². The average Bonchev–Trinajstić information content (AvgIpc) is 3.25. The lowest BCUT2D eigenvalue weighted by atomic mass is 9.55. The second kappa shape index (κ2) is 12.2. The van der Waals surface area contributed by atoms with E-state index in [4.69, 9.17) is 18.9 Å². The first-order valence-corrected chi connectivity index (χ1v) is 15.0. The van der Waals surface area contributed by atoms with Crippen LogP contribution in [0.3, 0.4) is 0 Å². The average molecular weight is 616 g/mol. The van der Waals surface area contributed by atoms with Crippen LogP contribution in [-0.2, 0) is 38.1 Å². The normalized spacial score (nSPS) is 32.1. The molecule has 1 saturated carbocycles. The molecule has 0 aromatic heterocycles. The molecule has 11 nitrogen and oxygen atoms in total. The number of nitrogens with zero attached hydrogens (tertiary/aromatic N) is 1. The highest BCUT2D eigenvalue weighted by atomic mass is 16.5. The Morgan fingerprint density at radius 2 is 1.82 bits per heavy atom. The lowest BCUT2D eigenvalue weighted by molar-refractivity contribution is -0.152. The number of carbonyl (C=O) groups is 4. The zero-order chi connectivity index (χ0) is 32.9. The summed E-state index contributed by atoms with van der Waals surface area (Å²) >= 11 is 0. The van der Waals surface area contributed by atoms with Gasteiger partial charge in [0.2, 0.25) is 5.78 Å². The predicted octanol–water partition coefficient (Wildman–Crippen LogP) is 3.33. The number of aliphatic hydroxyl groups is 2. The van der Waals surface area contributed by atoms with Gasteiger partial charge in [0.25, 0.3) is 0 Å². The van der Waals surface area contributed by atoms with Gasteiger partial charge in [0.15, 0.2) is 5.76 Å². The number of carbonyl (C=O) groups excluding carboxylic acids is 4. The van der Waals surface area contributed by atoms with Crippen molar-refractivity contribution in [2.75, 3.05) is 34.5 Å². The minimum absolute atomic E-state index is 0.0170. The van der Waals surface area contributed by atoms with Crippen molar-refractivity contribution in [3.8, 4) is 0 Å². The van der Waals surface area contributed by atoms with E-state index < -0.39 is 58.5 Å². The van der Waals surface area contributed by atoms with Crippen molar-refractivity contribution >= 4 is 23.7 Å². The van der Waals surface area contributed by atoms with E-state index in [-0.39, 0.29) is 42.6 Å². The van der Waals surface area contributed by atoms with Gasteiger partial charge in [0, 0.05) is 49.3 Å². The second-order valence-corrected chi connectivity index (χ2v) is 13.2. The summed E-state index contributed by atoms with van der Waals surface area (Å²) in [5.41, 5.74) is -0.374. The third kappa shape index (κ3) is 5.27. The van der Waals surface area contributed by atoms with Crippen molar-refractivity contribution in [2.45, 2.75) is 79.1 Å². The van der Waals surface area contributed by atoms with Gasteiger partial charge < -0.3 is 34.1 Å². The highest BCUT2D eigenvalue weighted by Crippen LogP contribution is 2.62. The zero-order valence-corrected chi connectivity index (χ0v) is 27.1. The monoisotopic (exact) mass is 615 g/mol. The molecule has 0 bridgehead atoms. The summed E-state index contributed by atoms with van der Waals surface area (Å²) in [6, 6.07) is -0.422. The highest BCUT2D eigenvalue weighted by Gasteiger charge is 2.62. The molecule has 4 rings (SSSR count). The van der Waals surface area contributed by atoms with Gasteiger partial charge in [-0.15, -0.1) is 0 Å². The number of ketones is 1. The van der Waals surface area contributed by atoms with Crippen LogP contribution >= 0.6 is 0 Å². The maximum absolute atomic E-state index is 14.2. The molecule has 0 radical (unpaired) electrons. The lowest BCUT2D eigenvalue weighted by Gasteiger charge is -2.52. The number of fused-ring (bicyclic) bond motifs is 4. The third-order valence-electron chi connectivity index (χ3n) is 10.0. The number of ether oxygens (including phenoxy) is 4. The zero-order valence-electron chi connectivity index (χ0n) is 27.1. The predicted molar refractivity (Wildman–Crippen MR) is 159 cm³/mol. The fourth-order valence-electron chi connectivity index (χ4n) is 7.80. The third-order valence-corrected chi connectivity index (χ3v) is 10.0. The Morgan fingerprint density at radius 3 is 2.39 bits per heavy atom. The van der Waals surface area contributed by atoms with Crippen molar-refractivity contribution in [3.05, 3.63) is 45.4 Å². The minimum atomic E-state index is -1.23. The lowest BCUT2D eigenvalue weighted by Crippen LogP contribution is -2.53. The van der Waals surface area contributed by atoms with Crippen molar-refractivity contribution in [1.82, 2.24) is 4.90 Å². The van der Waals surface area contributed by atoms with Crippen LogP contribution in [0.1, 0.15) is 60.8 Å². The van der Waals surface area contributed by atoms with Crippen LogP contribution < -0.4 is 0 Å². The number of esters is 3. The fraction of sp³-hybridized carbons (Fsp3) is 0.636. The van der Waals surface area contributed by atoms with Crippen LogP contribution in [0.5, 0.6) is 0 Å². The second-order valence-electron chi connectivity index (χ2n) is 13.2. The summed E-state index contributed by atoms with van der Waals surface area (Å²) in [4.78, 5) is 54.3. The van der Waals surface area contributed by atoms with Crippen molar-refractivity contribution < 1.29 is 48.3 Å². The number of likely N-dealkylation sites (N-methyl/N-ethyl adjacent to an activating group) is 1. The molecule has 6 atom stereocenters. The van der Waals surface area contributed by atoms with Crippen molar-refractivity contribution in [1.29, 1.82) is 0 Å². The molecule has 2 fully saturated rings. The summed E-state index contributed by atoms with van der Waals surface area (Å²) in [5.74, 6) is -3.44. The summed E-state index contributed by atoms with van der Waals surface area (Å²) in [7, 11) is 4.51. The Balaban J connectivity index is 1.98. The molecule has 44 heavy (non-hydrogen) atoms. The van der Waals surface area contributed by atoms with E-state index >= 15 is 0 Å². The molecule has 2 N–H and O–H groups in total. The van der Waals surface area contributed by atoms with Crippen LogP contribution in [0, 0.1) is 22.7 Å². The number of methoxy groups -OCH3 is 2. The molecular formula is C33H45NO10. The smallest absolute Gasteiger partial charge is 0.340 e. The van der Waals surface area contributed by atoms with E-state index in [1.54, 1.807) is 31.9 Å². The van der Waals surface area contributed by atoms with Gasteiger partial charge in [-0.2, -0.15) is 0 Å². The van der Waals surface area contributed by atoms with Gasteiger partial charge in [0.05, 0.1) is 36.5 Å². The maximum Gasteiger partial charge on any atom is 0.340 e. The quantitative estimate of drug-likeness (QED) is 0.235. The number of hydrogen-bond donors (Lipinski definition) is 2. The Bertz CT molecular complexity index is 1390. The number of cyclic esters (lactones) is 1. The fourth-order valence-corrected chi connectivity index (χ4v) is 7.80. The maximum atomic E-state index is 14.2.